The minimum absolute atomic E-state index is 0.0421. The van der Waals surface area contributed by atoms with Crippen LogP contribution >= 0.6 is 15.9 Å². The van der Waals surface area contributed by atoms with Gasteiger partial charge in [-0.15, -0.1) is 0 Å². The average molecular weight is 361 g/mol. The van der Waals surface area contributed by atoms with Crippen LogP contribution in [0.25, 0.3) is 0 Å². The van der Waals surface area contributed by atoms with E-state index in [9.17, 15) is 14.7 Å². The number of aromatic carboxylic acids is 1. The molecule has 0 bridgehead atoms. The molecule has 0 saturated carbocycles. The number of hydrogen-bond donors (Lipinski definition) is 1. The summed E-state index contributed by atoms with van der Waals surface area (Å²) < 4.78 is 1.68. The Morgan fingerprint density at radius 2 is 1.91 bits per heavy atom. The van der Waals surface area contributed by atoms with Gasteiger partial charge in [0.15, 0.2) is 0 Å². The number of nitrogens with zero attached hydrogens (tertiary/aromatic N) is 2. The predicted molar refractivity (Wildman–Crippen MR) is 84.0 cm³/mol. The molecular formula is C16H13BrN2O3. The van der Waals surface area contributed by atoms with Crippen molar-refractivity contribution >= 4 is 27.7 Å². The van der Waals surface area contributed by atoms with Gasteiger partial charge in [-0.05, 0) is 22.9 Å². The molecule has 1 N–H and O–H groups in total. The van der Waals surface area contributed by atoms with Crippen LogP contribution in [-0.2, 0) is 13.5 Å². The zero-order valence-electron chi connectivity index (χ0n) is 12.1. The molecule has 6 heteroatoms. The van der Waals surface area contributed by atoms with Crippen molar-refractivity contribution in [2.24, 2.45) is 7.05 Å². The standard InChI is InChI=1S/C16H13BrN2O3/c1-9-3-5-10(6-4-9)15(20)14-13(17)12(16(21)22)11(7-8-18)19(14)2/h3-6H,7H2,1-2H3,(H,21,22). The van der Waals surface area contributed by atoms with Gasteiger partial charge in [-0.1, -0.05) is 29.8 Å². The highest BCUT2D eigenvalue weighted by Crippen LogP contribution is 2.30. The third kappa shape index (κ3) is 2.68. The first kappa shape index (κ1) is 16.0. The second-order valence-corrected chi connectivity index (χ2v) is 5.67. The summed E-state index contributed by atoms with van der Waals surface area (Å²) in [5, 5.41) is 18.2. The van der Waals surface area contributed by atoms with E-state index in [4.69, 9.17) is 5.26 Å². The summed E-state index contributed by atoms with van der Waals surface area (Å²) in [7, 11) is 1.59. The predicted octanol–water partition coefficient (Wildman–Crippen LogP) is 3.09. The van der Waals surface area contributed by atoms with Crippen molar-refractivity contribution in [1.82, 2.24) is 4.57 Å². The first-order valence-corrected chi connectivity index (χ1v) is 7.26. The molecule has 0 unspecified atom stereocenters. The topological polar surface area (TPSA) is 83.1 Å². The lowest BCUT2D eigenvalue weighted by atomic mass is 10.1. The van der Waals surface area contributed by atoms with E-state index >= 15 is 0 Å². The highest BCUT2D eigenvalue weighted by atomic mass is 79.9. The number of carbonyl (C=O) groups is 2. The van der Waals surface area contributed by atoms with Crippen LogP contribution in [0.5, 0.6) is 0 Å². The zero-order chi connectivity index (χ0) is 16.4. The minimum atomic E-state index is -1.17. The summed E-state index contributed by atoms with van der Waals surface area (Å²) in [6.07, 6.45) is -0.0854. The van der Waals surface area contributed by atoms with Crippen LogP contribution in [0.1, 0.15) is 37.7 Å². The molecule has 5 nitrogen and oxygen atoms in total. The monoisotopic (exact) mass is 360 g/mol. The largest absolute Gasteiger partial charge is 0.478 e. The first-order valence-electron chi connectivity index (χ1n) is 6.47. The minimum Gasteiger partial charge on any atom is -0.478 e. The third-order valence-electron chi connectivity index (χ3n) is 3.45. The molecule has 2 rings (SSSR count). The van der Waals surface area contributed by atoms with Crippen molar-refractivity contribution in [2.75, 3.05) is 0 Å². The van der Waals surface area contributed by atoms with E-state index in [2.05, 4.69) is 15.9 Å². The van der Waals surface area contributed by atoms with Crippen LogP contribution in [0.15, 0.2) is 28.7 Å². The zero-order valence-corrected chi connectivity index (χ0v) is 13.6. The van der Waals surface area contributed by atoms with E-state index < -0.39 is 5.97 Å². The van der Waals surface area contributed by atoms with Gasteiger partial charge in [0.25, 0.3) is 0 Å². The maximum atomic E-state index is 12.7. The Balaban J connectivity index is 2.63. The number of carbonyl (C=O) groups excluding carboxylic acids is 1. The van der Waals surface area contributed by atoms with Crippen LogP contribution in [0.2, 0.25) is 0 Å². The number of ketones is 1. The SMILES string of the molecule is Cc1ccc(C(=O)c2c(Br)c(C(=O)O)c(CC#N)n2C)cc1. The number of halogens is 1. The van der Waals surface area contributed by atoms with Gasteiger partial charge in [0.05, 0.1) is 22.5 Å². The van der Waals surface area contributed by atoms with E-state index in [1.165, 1.54) is 4.57 Å². The van der Waals surface area contributed by atoms with Gasteiger partial charge in [0.1, 0.15) is 5.69 Å². The summed E-state index contributed by atoms with van der Waals surface area (Å²) in [6.45, 7) is 1.92. The molecule has 0 aliphatic carbocycles. The highest BCUT2D eigenvalue weighted by Gasteiger charge is 2.28. The van der Waals surface area contributed by atoms with Gasteiger partial charge in [-0.25, -0.2) is 4.79 Å². The van der Waals surface area contributed by atoms with Crippen LogP contribution in [0.3, 0.4) is 0 Å². The highest BCUT2D eigenvalue weighted by molar-refractivity contribution is 9.10. The molecule has 112 valence electrons. The van der Waals surface area contributed by atoms with Crippen molar-refractivity contribution in [3.05, 3.63) is 56.8 Å². The number of benzene rings is 1. The Morgan fingerprint density at radius 1 is 1.32 bits per heavy atom. The van der Waals surface area contributed by atoms with E-state index in [0.29, 0.717) is 11.3 Å². The van der Waals surface area contributed by atoms with E-state index in [1.807, 2.05) is 25.1 Å². The number of aryl methyl sites for hydroxylation is 1. The summed E-state index contributed by atoms with van der Waals surface area (Å²) in [4.78, 5) is 24.1. The third-order valence-corrected chi connectivity index (χ3v) is 4.22. The molecule has 1 aromatic heterocycles. The molecule has 0 saturated heterocycles. The van der Waals surface area contributed by atoms with Gasteiger partial charge in [-0.3, -0.25) is 4.79 Å². The van der Waals surface area contributed by atoms with Crippen LogP contribution < -0.4 is 0 Å². The summed E-state index contributed by atoms with van der Waals surface area (Å²) >= 11 is 3.20. The van der Waals surface area contributed by atoms with Gasteiger partial charge in [-0.2, -0.15) is 5.26 Å². The lowest BCUT2D eigenvalue weighted by molar-refractivity contribution is 0.0695. The van der Waals surface area contributed by atoms with Crippen molar-refractivity contribution in [2.45, 2.75) is 13.3 Å². The summed E-state index contributed by atoms with van der Waals surface area (Å²) in [5.41, 5.74) is 1.98. The molecule has 0 aliphatic heterocycles. The maximum absolute atomic E-state index is 12.7. The first-order chi connectivity index (χ1) is 10.4. The van der Waals surface area contributed by atoms with Crippen molar-refractivity contribution < 1.29 is 14.7 Å². The average Bonchev–Trinajstić information content (AvgIpc) is 2.71. The lowest BCUT2D eigenvalue weighted by Gasteiger charge is -2.06. The van der Waals surface area contributed by atoms with Gasteiger partial charge in [0.2, 0.25) is 5.78 Å². The van der Waals surface area contributed by atoms with E-state index in [-0.39, 0.29) is 27.9 Å². The number of rotatable bonds is 4. The summed E-state index contributed by atoms with van der Waals surface area (Å²) in [5.74, 6) is -1.46. The molecule has 22 heavy (non-hydrogen) atoms. The number of aromatic nitrogens is 1. The normalized spacial score (nSPS) is 10.3. The van der Waals surface area contributed by atoms with Crippen molar-refractivity contribution in [3.8, 4) is 6.07 Å². The van der Waals surface area contributed by atoms with Gasteiger partial charge in [0, 0.05) is 18.3 Å². The second-order valence-electron chi connectivity index (χ2n) is 4.88. The Morgan fingerprint density at radius 3 is 2.41 bits per heavy atom. The van der Waals surface area contributed by atoms with Crippen LogP contribution in [0.4, 0.5) is 0 Å². The van der Waals surface area contributed by atoms with Gasteiger partial charge >= 0.3 is 5.97 Å². The number of nitriles is 1. The summed E-state index contributed by atoms with van der Waals surface area (Å²) in [6, 6.07) is 8.96. The van der Waals surface area contributed by atoms with Crippen molar-refractivity contribution in [3.63, 3.8) is 0 Å². The molecular weight excluding hydrogens is 348 g/mol. The number of carboxylic acid groups (broad SMARTS) is 1. The maximum Gasteiger partial charge on any atom is 0.338 e. The van der Waals surface area contributed by atoms with Gasteiger partial charge < -0.3 is 9.67 Å². The van der Waals surface area contributed by atoms with Crippen LogP contribution in [0, 0.1) is 18.3 Å². The lowest BCUT2D eigenvalue weighted by Crippen LogP contribution is -2.10. The number of carboxylic acids is 1. The Kier molecular flexibility index (Phi) is 4.48. The molecule has 0 spiro atoms. The fourth-order valence-electron chi connectivity index (χ4n) is 2.29. The van der Waals surface area contributed by atoms with Crippen molar-refractivity contribution in [1.29, 1.82) is 5.26 Å². The van der Waals surface area contributed by atoms with E-state index in [1.54, 1.807) is 19.2 Å². The van der Waals surface area contributed by atoms with Crippen LogP contribution in [-0.4, -0.2) is 21.4 Å². The molecule has 0 amide bonds. The Hall–Kier alpha value is -2.39. The smallest absolute Gasteiger partial charge is 0.338 e. The Labute approximate surface area is 135 Å². The van der Waals surface area contributed by atoms with E-state index in [0.717, 1.165) is 5.56 Å². The molecule has 1 aromatic carbocycles. The molecule has 0 aliphatic rings. The number of hydrogen-bond acceptors (Lipinski definition) is 3. The Bertz CT molecular complexity index is 798. The molecule has 0 radical (unpaired) electrons. The quantitative estimate of drug-likeness (QED) is 0.849. The molecule has 2 aromatic rings. The molecule has 0 atom stereocenters. The molecule has 1 heterocycles. The molecule has 0 fully saturated rings. The fraction of sp³-hybridized carbons (Fsp3) is 0.188. The fourth-order valence-corrected chi connectivity index (χ4v) is 3.13. The second kappa shape index (κ2) is 6.16.